The van der Waals surface area contributed by atoms with E-state index in [9.17, 15) is 4.79 Å². The van der Waals surface area contributed by atoms with Gasteiger partial charge in [-0.05, 0) is 49.4 Å². The van der Waals surface area contributed by atoms with Crippen LogP contribution in [0.3, 0.4) is 0 Å². The molecular formula is C21H23N3O2S. The molecule has 0 unspecified atom stereocenters. The molecule has 0 bridgehead atoms. The maximum atomic E-state index is 13.1. The Morgan fingerprint density at radius 1 is 1.19 bits per heavy atom. The van der Waals surface area contributed by atoms with Gasteiger partial charge in [0.25, 0.3) is 5.91 Å². The molecular weight excluding hydrogens is 358 g/mol. The molecule has 0 aromatic heterocycles. The van der Waals surface area contributed by atoms with Gasteiger partial charge in [0.2, 0.25) is 0 Å². The van der Waals surface area contributed by atoms with Gasteiger partial charge in [-0.15, -0.1) is 0 Å². The van der Waals surface area contributed by atoms with Crippen LogP contribution in [0.1, 0.15) is 24.1 Å². The first-order valence-electron chi connectivity index (χ1n) is 8.64. The van der Waals surface area contributed by atoms with Crippen LogP contribution >= 0.6 is 11.8 Å². The average Bonchev–Trinajstić information content (AvgIpc) is 2.68. The number of nitrogens with one attached hydrogen (secondary N) is 2. The zero-order chi connectivity index (χ0) is 19.4. The first-order valence-corrected chi connectivity index (χ1v) is 9.86. The number of methoxy groups -OCH3 is 1. The number of benzene rings is 2. The summed E-state index contributed by atoms with van der Waals surface area (Å²) in [4.78, 5) is 17.8. The molecule has 0 saturated carbocycles. The number of carbonyl (C=O) groups is 1. The number of rotatable bonds is 4. The van der Waals surface area contributed by atoms with Crippen LogP contribution in [0, 0.1) is 6.92 Å². The van der Waals surface area contributed by atoms with Crippen molar-refractivity contribution in [3.8, 4) is 5.75 Å². The quantitative estimate of drug-likeness (QED) is 0.830. The summed E-state index contributed by atoms with van der Waals surface area (Å²) >= 11 is 1.52. The molecule has 0 radical (unpaired) electrons. The lowest BCUT2D eigenvalue weighted by atomic mass is 9.94. The number of nitrogens with zero attached hydrogens (tertiary/aromatic N) is 1. The number of aliphatic imine (C=N–C) groups is 1. The van der Waals surface area contributed by atoms with Crippen LogP contribution in [0.4, 0.5) is 5.69 Å². The molecule has 2 aromatic rings. The van der Waals surface area contributed by atoms with E-state index in [1.165, 1.54) is 11.8 Å². The van der Waals surface area contributed by atoms with E-state index >= 15 is 0 Å². The molecule has 3 rings (SSSR count). The highest BCUT2D eigenvalue weighted by Gasteiger charge is 2.29. The Kier molecular flexibility index (Phi) is 5.86. The highest BCUT2D eigenvalue weighted by molar-refractivity contribution is 8.13. The van der Waals surface area contributed by atoms with E-state index < -0.39 is 6.04 Å². The summed E-state index contributed by atoms with van der Waals surface area (Å²) < 4.78 is 5.46. The standard InChI is InChI=1S/C21H23N3O2S/c1-13-10-11-15(12-17(13)26-3)19-18(14(2)22-21(24-19)27-4)20(25)23-16-8-6-5-7-9-16/h5-12,19H,1-4H3,(H,22,24)(H,23,25)/t19-/m0/s1. The third-order valence-electron chi connectivity index (χ3n) is 4.44. The normalized spacial score (nSPS) is 16.4. The number of carbonyl (C=O) groups excluding carboxylic acids is 1. The lowest BCUT2D eigenvalue weighted by Gasteiger charge is -2.26. The lowest BCUT2D eigenvalue weighted by Crippen LogP contribution is -2.31. The van der Waals surface area contributed by atoms with Crippen molar-refractivity contribution in [2.45, 2.75) is 19.9 Å². The predicted octanol–water partition coefficient (Wildman–Crippen LogP) is 4.28. The predicted molar refractivity (Wildman–Crippen MR) is 112 cm³/mol. The number of hydrogen-bond acceptors (Lipinski definition) is 5. The second kappa shape index (κ2) is 8.31. The van der Waals surface area contributed by atoms with Crippen molar-refractivity contribution in [3.05, 3.63) is 70.9 Å². The molecule has 1 amide bonds. The third kappa shape index (κ3) is 4.17. The van der Waals surface area contributed by atoms with E-state index in [-0.39, 0.29) is 5.91 Å². The van der Waals surface area contributed by atoms with Gasteiger partial charge in [0.1, 0.15) is 11.8 Å². The Balaban J connectivity index is 2.00. The highest BCUT2D eigenvalue weighted by atomic mass is 32.2. The average molecular weight is 382 g/mol. The number of anilines is 1. The van der Waals surface area contributed by atoms with Crippen molar-refractivity contribution in [1.82, 2.24) is 5.32 Å². The maximum absolute atomic E-state index is 13.1. The molecule has 5 nitrogen and oxygen atoms in total. The fourth-order valence-corrected chi connectivity index (χ4v) is 3.48. The molecule has 1 aliphatic rings. The topological polar surface area (TPSA) is 62.7 Å². The van der Waals surface area contributed by atoms with Crippen molar-refractivity contribution in [3.63, 3.8) is 0 Å². The van der Waals surface area contributed by atoms with E-state index in [1.807, 2.05) is 68.6 Å². The van der Waals surface area contributed by atoms with Gasteiger partial charge < -0.3 is 15.4 Å². The molecule has 0 spiro atoms. The SMILES string of the molecule is COc1cc([C@@H]2N=C(SC)NC(C)=C2C(=O)Nc2ccccc2)ccc1C. The van der Waals surface area contributed by atoms with Crippen LogP contribution in [0.2, 0.25) is 0 Å². The number of aryl methyl sites for hydroxylation is 1. The van der Waals surface area contributed by atoms with Crippen LogP contribution < -0.4 is 15.4 Å². The fraction of sp³-hybridized carbons (Fsp3) is 0.238. The Morgan fingerprint density at radius 3 is 2.59 bits per heavy atom. The van der Waals surface area contributed by atoms with Crippen molar-refractivity contribution in [2.75, 3.05) is 18.7 Å². The molecule has 1 aliphatic heterocycles. The molecule has 1 heterocycles. The second-order valence-corrected chi connectivity index (χ2v) is 7.05. The van der Waals surface area contributed by atoms with Gasteiger partial charge >= 0.3 is 0 Å². The second-order valence-electron chi connectivity index (χ2n) is 6.25. The molecule has 2 N–H and O–H groups in total. The highest BCUT2D eigenvalue weighted by Crippen LogP contribution is 2.35. The summed E-state index contributed by atoms with van der Waals surface area (Å²) in [6.07, 6.45) is 1.96. The minimum Gasteiger partial charge on any atom is -0.496 e. The number of ether oxygens (including phenoxy) is 1. The van der Waals surface area contributed by atoms with Gasteiger partial charge in [0, 0.05) is 11.4 Å². The zero-order valence-electron chi connectivity index (χ0n) is 15.9. The maximum Gasteiger partial charge on any atom is 0.255 e. The molecule has 27 heavy (non-hydrogen) atoms. The third-order valence-corrected chi connectivity index (χ3v) is 5.03. The van der Waals surface area contributed by atoms with Crippen LogP contribution in [-0.2, 0) is 4.79 Å². The van der Waals surface area contributed by atoms with Crippen LogP contribution in [-0.4, -0.2) is 24.4 Å². The van der Waals surface area contributed by atoms with Crippen LogP contribution in [0.15, 0.2) is 64.8 Å². The Hall–Kier alpha value is -2.73. The molecule has 1 atom stereocenters. The van der Waals surface area contributed by atoms with E-state index in [4.69, 9.17) is 9.73 Å². The smallest absolute Gasteiger partial charge is 0.255 e. The Bertz CT molecular complexity index is 907. The summed E-state index contributed by atoms with van der Waals surface area (Å²) in [5, 5.41) is 6.98. The minimum atomic E-state index is -0.396. The number of thioether (sulfide) groups is 1. The molecule has 0 saturated heterocycles. The minimum absolute atomic E-state index is 0.167. The summed E-state index contributed by atoms with van der Waals surface area (Å²) in [6.45, 7) is 3.90. The number of amidine groups is 1. The summed E-state index contributed by atoms with van der Waals surface area (Å²) in [5.74, 6) is 0.618. The molecule has 6 heteroatoms. The van der Waals surface area contributed by atoms with E-state index in [0.29, 0.717) is 5.57 Å². The largest absolute Gasteiger partial charge is 0.496 e. The fourth-order valence-electron chi connectivity index (χ4n) is 3.01. The van der Waals surface area contributed by atoms with Gasteiger partial charge in [-0.1, -0.05) is 42.1 Å². The zero-order valence-corrected chi connectivity index (χ0v) is 16.7. The van der Waals surface area contributed by atoms with E-state index in [2.05, 4.69) is 10.6 Å². The van der Waals surface area contributed by atoms with Crippen LogP contribution in [0.5, 0.6) is 5.75 Å². The summed E-state index contributed by atoms with van der Waals surface area (Å²) in [6, 6.07) is 15.0. The number of amides is 1. The summed E-state index contributed by atoms with van der Waals surface area (Å²) in [7, 11) is 1.65. The monoisotopic (exact) mass is 381 g/mol. The first-order chi connectivity index (χ1) is 13.0. The van der Waals surface area contributed by atoms with Crippen molar-refractivity contribution >= 4 is 28.5 Å². The van der Waals surface area contributed by atoms with Gasteiger partial charge in [-0.25, -0.2) is 4.99 Å². The number of allylic oxidation sites excluding steroid dienone is 1. The number of hydrogen-bond donors (Lipinski definition) is 2. The molecule has 2 aromatic carbocycles. The van der Waals surface area contributed by atoms with Crippen molar-refractivity contribution < 1.29 is 9.53 Å². The number of para-hydroxylation sites is 1. The van der Waals surface area contributed by atoms with Gasteiger partial charge in [0.15, 0.2) is 5.17 Å². The Labute approximate surface area is 163 Å². The van der Waals surface area contributed by atoms with E-state index in [1.54, 1.807) is 7.11 Å². The van der Waals surface area contributed by atoms with Crippen molar-refractivity contribution in [1.29, 1.82) is 0 Å². The lowest BCUT2D eigenvalue weighted by molar-refractivity contribution is -0.113. The van der Waals surface area contributed by atoms with E-state index in [0.717, 1.165) is 33.4 Å². The van der Waals surface area contributed by atoms with Gasteiger partial charge in [-0.3, -0.25) is 4.79 Å². The summed E-state index contributed by atoms with van der Waals surface area (Å²) in [5.41, 5.74) is 4.11. The van der Waals surface area contributed by atoms with Gasteiger partial charge in [0.05, 0.1) is 12.7 Å². The molecule has 140 valence electrons. The van der Waals surface area contributed by atoms with Gasteiger partial charge in [-0.2, -0.15) is 0 Å². The molecule has 0 aliphatic carbocycles. The van der Waals surface area contributed by atoms with Crippen molar-refractivity contribution in [2.24, 2.45) is 4.99 Å². The first kappa shape index (κ1) is 19.0. The van der Waals surface area contributed by atoms with Crippen LogP contribution in [0.25, 0.3) is 0 Å². The Morgan fingerprint density at radius 2 is 1.93 bits per heavy atom. The molecule has 0 fully saturated rings.